The van der Waals surface area contributed by atoms with Crippen LogP contribution >= 0.6 is 0 Å². The number of carbonyl (C=O) groups excluding carboxylic acids is 2. The second kappa shape index (κ2) is 9.93. The van der Waals surface area contributed by atoms with Crippen LogP contribution in [-0.2, 0) is 27.7 Å². The summed E-state index contributed by atoms with van der Waals surface area (Å²) in [6.07, 6.45) is 5.86. The minimum absolute atomic E-state index is 0.137. The van der Waals surface area contributed by atoms with Gasteiger partial charge in [0.2, 0.25) is 15.9 Å². The van der Waals surface area contributed by atoms with Crippen LogP contribution in [0.4, 0.5) is 5.69 Å². The predicted molar refractivity (Wildman–Crippen MR) is 119 cm³/mol. The molecule has 0 radical (unpaired) electrons. The number of sulfonamides is 1. The third-order valence-corrected chi connectivity index (χ3v) is 7.19. The summed E-state index contributed by atoms with van der Waals surface area (Å²) < 4.78 is 26.7. The molecule has 8 nitrogen and oxygen atoms in total. The first-order chi connectivity index (χ1) is 14.8. The molecule has 1 aromatic heterocycles. The van der Waals surface area contributed by atoms with Crippen LogP contribution in [0.3, 0.4) is 0 Å². The molecule has 9 heteroatoms. The average molecular weight is 445 g/mol. The maximum Gasteiger partial charge on any atom is 0.272 e. The molecular weight excluding hydrogens is 416 g/mol. The van der Waals surface area contributed by atoms with Gasteiger partial charge in [0.05, 0.1) is 4.90 Å². The first kappa shape index (κ1) is 22.8. The number of anilines is 1. The van der Waals surface area contributed by atoms with Crippen molar-refractivity contribution >= 4 is 27.5 Å². The van der Waals surface area contributed by atoms with E-state index in [9.17, 15) is 18.0 Å². The smallest absolute Gasteiger partial charge is 0.272 e. The molecule has 0 bridgehead atoms. The summed E-state index contributed by atoms with van der Waals surface area (Å²) >= 11 is 0. The van der Waals surface area contributed by atoms with Gasteiger partial charge in [-0.25, -0.2) is 12.7 Å². The van der Waals surface area contributed by atoms with E-state index in [4.69, 9.17) is 0 Å². The third-order valence-electron chi connectivity index (χ3n) is 5.31. The molecule has 0 saturated heterocycles. The summed E-state index contributed by atoms with van der Waals surface area (Å²) in [5, 5.41) is 5.42. The Labute approximate surface area is 182 Å². The molecule has 1 aliphatic carbocycles. The molecule has 3 rings (SSSR count). The highest BCUT2D eigenvalue weighted by Gasteiger charge is 2.21. The molecular formula is C22H28N4O4S. The van der Waals surface area contributed by atoms with Gasteiger partial charge in [-0.15, -0.1) is 0 Å². The van der Waals surface area contributed by atoms with E-state index < -0.39 is 10.0 Å². The molecule has 1 heterocycles. The van der Waals surface area contributed by atoms with Crippen molar-refractivity contribution in [2.75, 3.05) is 25.5 Å². The van der Waals surface area contributed by atoms with E-state index in [1.165, 1.54) is 35.1 Å². The Morgan fingerprint density at radius 1 is 1.19 bits per heavy atom. The van der Waals surface area contributed by atoms with Gasteiger partial charge in [-0.2, -0.15) is 0 Å². The van der Waals surface area contributed by atoms with Crippen molar-refractivity contribution in [1.82, 2.24) is 14.6 Å². The highest BCUT2D eigenvalue weighted by Crippen LogP contribution is 2.23. The topological polar surface area (TPSA) is 111 Å². The first-order valence-corrected chi connectivity index (χ1v) is 11.7. The molecule has 0 aliphatic heterocycles. The lowest BCUT2D eigenvalue weighted by molar-refractivity contribution is -0.116. The van der Waals surface area contributed by atoms with Crippen molar-refractivity contribution in [2.24, 2.45) is 0 Å². The minimum Gasteiger partial charge on any atom is -0.354 e. The molecule has 1 aliphatic rings. The number of nitrogens with one attached hydrogen (secondary N) is 3. The SMILES string of the molecule is C=CC(=O)NCCCN(C)S(=O)(=O)c1ccc(NC(=O)c2cc3c([nH]2)CCCC3)cc1. The summed E-state index contributed by atoms with van der Waals surface area (Å²) in [5.74, 6) is -0.536. The van der Waals surface area contributed by atoms with Gasteiger partial charge in [-0.1, -0.05) is 6.58 Å². The summed E-state index contributed by atoms with van der Waals surface area (Å²) in [4.78, 5) is 27.0. The lowest BCUT2D eigenvalue weighted by atomic mass is 9.98. The summed E-state index contributed by atoms with van der Waals surface area (Å²) in [6.45, 7) is 3.98. The Kier molecular flexibility index (Phi) is 7.29. The number of amides is 2. The van der Waals surface area contributed by atoms with E-state index in [1.807, 2.05) is 6.07 Å². The molecule has 2 amide bonds. The van der Waals surface area contributed by atoms with Gasteiger partial charge in [0.25, 0.3) is 5.91 Å². The van der Waals surface area contributed by atoms with Crippen LogP contribution in [0, 0.1) is 0 Å². The zero-order valence-corrected chi connectivity index (χ0v) is 18.4. The number of benzene rings is 1. The molecule has 0 spiro atoms. The normalized spacial score (nSPS) is 13.5. The molecule has 0 unspecified atom stereocenters. The Morgan fingerprint density at radius 2 is 1.90 bits per heavy atom. The average Bonchev–Trinajstić information content (AvgIpc) is 3.21. The maximum absolute atomic E-state index is 12.7. The largest absolute Gasteiger partial charge is 0.354 e. The fraction of sp³-hybridized carbons (Fsp3) is 0.364. The van der Waals surface area contributed by atoms with Crippen LogP contribution in [0.15, 0.2) is 47.9 Å². The number of nitrogens with zero attached hydrogens (tertiary/aromatic N) is 1. The number of hydrogen-bond donors (Lipinski definition) is 3. The maximum atomic E-state index is 12.7. The highest BCUT2D eigenvalue weighted by molar-refractivity contribution is 7.89. The fourth-order valence-corrected chi connectivity index (χ4v) is 4.73. The van der Waals surface area contributed by atoms with Crippen LogP contribution in [-0.4, -0.2) is 49.7 Å². The van der Waals surface area contributed by atoms with Crippen molar-refractivity contribution in [3.8, 4) is 0 Å². The van der Waals surface area contributed by atoms with Gasteiger partial charge < -0.3 is 15.6 Å². The number of carbonyl (C=O) groups is 2. The zero-order chi connectivity index (χ0) is 22.4. The summed E-state index contributed by atoms with van der Waals surface area (Å²) in [5.41, 5.74) is 3.37. The number of hydrogen-bond acceptors (Lipinski definition) is 4. The molecule has 1 aromatic carbocycles. The Hall–Kier alpha value is -2.91. The van der Waals surface area contributed by atoms with Gasteiger partial charge in [-0.3, -0.25) is 9.59 Å². The third kappa shape index (κ3) is 5.62. The van der Waals surface area contributed by atoms with E-state index in [0.717, 1.165) is 31.4 Å². The molecule has 3 N–H and O–H groups in total. The van der Waals surface area contributed by atoms with E-state index >= 15 is 0 Å². The molecule has 0 atom stereocenters. The lowest BCUT2D eigenvalue weighted by Crippen LogP contribution is -2.31. The second-order valence-electron chi connectivity index (χ2n) is 7.55. The highest BCUT2D eigenvalue weighted by atomic mass is 32.2. The van der Waals surface area contributed by atoms with E-state index in [2.05, 4.69) is 22.2 Å². The van der Waals surface area contributed by atoms with Crippen molar-refractivity contribution in [3.05, 3.63) is 59.9 Å². The van der Waals surface area contributed by atoms with Crippen molar-refractivity contribution in [2.45, 2.75) is 37.0 Å². The van der Waals surface area contributed by atoms with Crippen LogP contribution in [0.25, 0.3) is 0 Å². The summed E-state index contributed by atoms with van der Waals surface area (Å²) in [7, 11) is -2.17. The number of fused-ring (bicyclic) bond motifs is 1. The minimum atomic E-state index is -3.66. The van der Waals surface area contributed by atoms with Gasteiger partial charge in [-0.05, 0) is 74.1 Å². The van der Waals surface area contributed by atoms with E-state index in [1.54, 1.807) is 12.1 Å². The Balaban J connectivity index is 1.58. The van der Waals surface area contributed by atoms with Crippen LogP contribution < -0.4 is 10.6 Å². The molecule has 2 aromatic rings. The predicted octanol–water partition coefficient (Wildman–Crippen LogP) is 2.46. The van der Waals surface area contributed by atoms with Gasteiger partial charge >= 0.3 is 0 Å². The van der Waals surface area contributed by atoms with Crippen molar-refractivity contribution in [3.63, 3.8) is 0 Å². The number of H-pyrrole nitrogens is 1. The van der Waals surface area contributed by atoms with E-state index in [-0.39, 0.29) is 23.3 Å². The standard InChI is InChI=1S/C22H28N4O4S/c1-3-21(27)23-13-6-14-26(2)31(29,30)18-11-9-17(10-12-18)24-22(28)20-15-16-7-4-5-8-19(16)25-20/h3,9-12,15,25H,1,4-8,13-14H2,2H3,(H,23,27)(H,24,28). The first-order valence-electron chi connectivity index (χ1n) is 10.3. The second-order valence-corrected chi connectivity index (χ2v) is 9.59. The number of aromatic amines is 1. The van der Waals surface area contributed by atoms with Crippen LogP contribution in [0.5, 0.6) is 0 Å². The van der Waals surface area contributed by atoms with Crippen LogP contribution in [0.1, 0.15) is 41.0 Å². The lowest BCUT2D eigenvalue weighted by Gasteiger charge is -2.17. The van der Waals surface area contributed by atoms with Crippen LogP contribution in [0.2, 0.25) is 0 Å². The Bertz CT molecular complexity index is 1030. The van der Waals surface area contributed by atoms with Crippen molar-refractivity contribution < 1.29 is 18.0 Å². The molecule has 0 fully saturated rings. The molecule has 166 valence electrons. The van der Waals surface area contributed by atoms with Gasteiger partial charge in [0.15, 0.2) is 0 Å². The number of aryl methyl sites for hydroxylation is 2. The zero-order valence-electron chi connectivity index (χ0n) is 17.6. The number of aromatic nitrogens is 1. The number of rotatable bonds is 9. The Morgan fingerprint density at radius 3 is 2.58 bits per heavy atom. The summed E-state index contributed by atoms with van der Waals surface area (Å²) in [6, 6.07) is 7.99. The molecule has 31 heavy (non-hydrogen) atoms. The van der Waals surface area contributed by atoms with Crippen molar-refractivity contribution in [1.29, 1.82) is 0 Å². The van der Waals surface area contributed by atoms with E-state index in [0.29, 0.717) is 24.3 Å². The van der Waals surface area contributed by atoms with Gasteiger partial charge in [0.1, 0.15) is 5.69 Å². The monoisotopic (exact) mass is 444 g/mol. The fourth-order valence-electron chi connectivity index (χ4n) is 3.52. The quantitative estimate of drug-likeness (QED) is 0.407. The molecule has 0 saturated carbocycles. The van der Waals surface area contributed by atoms with Gasteiger partial charge in [0, 0.05) is 31.5 Å².